The number of hydrogen-bond donors (Lipinski definition) is 0. The Hall–Kier alpha value is -1.57. The molecule has 2 heteroatoms. The quantitative estimate of drug-likeness (QED) is 0.406. The summed E-state index contributed by atoms with van der Waals surface area (Å²) in [7, 11) is 4.73. The first-order chi connectivity index (χ1) is 12.7. The Morgan fingerprint density at radius 3 is 2.37 bits per heavy atom. The molecule has 0 amide bonds. The van der Waals surface area contributed by atoms with Crippen LogP contribution in [-0.4, -0.2) is 25.1 Å². The average Bonchev–Trinajstić information content (AvgIpc) is 2.61. The molecule has 0 radical (unpaired) electrons. The second-order valence-electron chi connectivity index (χ2n) is 9.78. The second-order valence-corrected chi connectivity index (χ2v) is 10.2. The molecule has 0 aromatic heterocycles. The van der Waals surface area contributed by atoms with Crippen molar-refractivity contribution < 1.29 is 4.48 Å². The van der Waals surface area contributed by atoms with Gasteiger partial charge in [-0.1, -0.05) is 67.9 Å². The number of halogens is 1. The molecule has 0 aliphatic heterocycles. The third-order valence-corrected chi connectivity index (χ3v) is 7.15. The van der Waals surface area contributed by atoms with Gasteiger partial charge in [-0.25, -0.2) is 0 Å². The zero-order valence-corrected chi connectivity index (χ0v) is 17.8. The molecule has 2 aromatic carbocycles. The van der Waals surface area contributed by atoms with Gasteiger partial charge in [-0.3, -0.25) is 0 Å². The fraction of sp³-hybridized carbons (Fsp3) is 0.440. The van der Waals surface area contributed by atoms with Gasteiger partial charge in [0.25, 0.3) is 0 Å². The lowest BCUT2D eigenvalue weighted by atomic mass is 9.49. The van der Waals surface area contributed by atoms with E-state index in [1.54, 1.807) is 5.57 Å². The Morgan fingerprint density at radius 1 is 1.00 bits per heavy atom. The van der Waals surface area contributed by atoms with Crippen molar-refractivity contribution in [1.82, 2.24) is 0 Å². The first kappa shape index (κ1) is 18.8. The topological polar surface area (TPSA) is 0 Å². The first-order valence-electron chi connectivity index (χ1n) is 10.1. The summed E-state index contributed by atoms with van der Waals surface area (Å²) in [6, 6.07) is 17.1. The monoisotopic (exact) mass is 380 g/mol. The summed E-state index contributed by atoms with van der Waals surface area (Å²) >= 11 is 6.13. The van der Waals surface area contributed by atoms with Crippen molar-refractivity contribution in [3.05, 3.63) is 70.8 Å². The van der Waals surface area contributed by atoms with Crippen molar-refractivity contribution in [3.8, 4) is 11.1 Å². The molecule has 1 saturated carbocycles. The smallest absolute Gasteiger partial charge is 0.104 e. The van der Waals surface area contributed by atoms with E-state index in [0.29, 0.717) is 5.41 Å². The molecule has 142 valence electrons. The Labute approximate surface area is 169 Å². The SMILES string of the molecule is CC1(C)[C@@H]2CC=C(C[N+](C)(C)Cc3ccc(-c4cccc(Cl)c4)cc3)[C@H]1C2. The molecule has 1 fully saturated rings. The highest BCUT2D eigenvalue weighted by Gasteiger charge is 2.52. The Kier molecular flexibility index (Phi) is 4.72. The van der Waals surface area contributed by atoms with Crippen molar-refractivity contribution in [1.29, 1.82) is 0 Å². The van der Waals surface area contributed by atoms with Crippen molar-refractivity contribution in [2.45, 2.75) is 33.2 Å². The number of fused-ring (bicyclic) bond motifs is 1. The zero-order valence-electron chi connectivity index (χ0n) is 17.0. The molecule has 3 aliphatic rings. The van der Waals surface area contributed by atoms with Gasteiger partial charge in [-0.2, -0.15) is 0 Å². The molecule has 0 N–H and O–H groups in total. The van der Waals surface area contributed by atoms with Gasteiger partial charge in [0.15, 0.2) is 0 Å². The standard InChI is InChI=1S/C25H31ClN/c1-25(2)22-13-12-21(24(25)15-22)17-27(3,4)16-18-8-10-19(11-9-18)20-6-5-7-23(26)14-20/h5-12,14,22,24H,13,15-17H2,1-4H3/q+1/t22-,24-/m1/s1. The van der Waals surface area contributed by atoms with Gasteiger partial charge < -0.3 is 4.48 Å². The fourth-order valence-corrected chi connectivity index (χ4v) is 5.36. The molecule has 2 bridgehead atoms. The maximum absolute atomic E-state index is 6.13. The van der Waals surface area contributed by atoms with Crippen LogP contribution >= 0.6 is 11.6 Å². The maximum Gasteiger partial charge on any atom is 0.104 e. The lowest BCUT2D eigenvalue weighted by Gasteiger charge is -2.57. The van der Waals surface area contributed by atoms with Crippen LogP contribution in [0.25, 0.3) is 11.1 Å². The summed E-state index contributed by atoms with van der Waals surface area (Å²) in [4.78, 5) is 0. The molecular formula is C25H31ClN+. The van der Waals surface area contributed by atoms with E-state index in [4.69, 9.17) is 11.6 Å². The predicted octanol–water partition coefficient (Wildman–Crippen LogP) is 6.58. The highest BCUT2D eigenvalue weighted by molar-refractivity contribution is 6.30. The normalized spacial score (nSPS) is 23.5. The van der Waals surface area contributed by atoms with Gasteiger partial charge in [0, 0.05) is 10.6 Å². The Morgan fingerprint density at radius 2 is 1.74 bits per heavy atom. The minimum Gasteiger partial charge on any atom is -0.321 e. The van der Waals surface area contributed by atoms with Crippen LogP contribution in [0.2, 0.25) is 5.02 Å². The van der Waals surface area contributed by atoms with E-state index in [0.717, 1.165) is 34.4 Å². The van der Waals surface area contributed by atoms with Gasteiger partial charge in [-0.15, -0.1) is 0 Å². The highest BCUT2D eigenvalue weighted by atomic mass is 35.5. The number of quaternary nitrogens is 1. The van der Waals surface area contributed by atoms with Crippen LogP contribution in [0, 0.1) is 17.3 Å². The summed E-state index contributed by atoms with van der Waals surface area (Å²) in [6.45, 7) is 7.15. The van der Waals surface area contributed by atoms with Crippen molar-refractivity contribution in [2.75, 3.05) is 20.6 Å². The molecule has 0 heterocycles. The molecule has 3 aliphatic carbocycles. The van der Waals surface area contributed by atoms with E-state index >= 15 is 0 Å². The number of rotatable bonds is 5. The van der Waals surface area contributed by atoms with Crippen LogP contribution in [0.3, 0.4) is 0 Å². The maximum atomic E-state index is 6.13. The van der Waals surface area contributed by atoms with Crippen LogP contribution < -0.4 is 0 Å². The van der Waals surface area contributed by atoms with Gasteiger partial charge >= 0.3 is 0 Å². The summed E-state index contributed by atoms with van der Waals surface area (Å²) in [6.07, 6.45) is 5.24. The van der Waals surface area contributed by atoms with Crippen LogP contribution in [0.5, 0.6) is 0 Å². The molecule has 0 saturated heterocycles. The molecule has 5 rings (SSSR count). The largest absolute Gasteiger partial charge is 0.321 e. The molecule has 0 spiro atoms. The minimum absolute atomic E-state index is 0.517. The molecule has 0 unspecified atom stereocenters. The van der Waals surface area contributed by atoms with E-state index in [-0.39, 0.29) is 0 Å². The summed E-state index contributed by atoms with van der Waals surface area (Å²) in [5.41, 5.74) is 6.01. The van der Waals surface area contributed by atoms with E-state index in [1.165, 1.54) is 29.5 Å². The van der Waals surface area contributed by atoms with Crippen LogP contribution in [-0.2, 0) is 6.54 Å². The number of likely N-dealkylation sites (N-methyl/N-ethyl adjacent to an activating group) is 1. The Balaban J connectivity index is 1.44. The van der Waals surface area contributed by atoms with Crippen molar-refractivity contribution in [3.63, 3.8) is 0 Å². The van der Waals surface area contributed by atoms with Crippen LogP contribution in [0.4, 0.5) is 0 Å². The van der Waals surface area contributed by atoms with E-state index in [2.05, 4.69) is 64.4 Å². The van der Waals surface area contributed by atoms with Gasteiger partial charge in [0.05, 0.1) is 14.1 Å². The van der Waals surface area contributed by atoms with E-state index in [9.17, 15) is 0 Å². The van der Waals surface area contributed by atoms with E-state index in [1.807, 2.05) is 18.2 Å². The van der Waals surface area contributed by atoms with Gasteiger partial charge in [0.1, 0.15) is 13.1 Å². The average molecular weight is 381 g/mol. The third kappa shape index (κ3) is 3.73. The lowest BCUT2D eigenvalue weighted by molar-refractivity contribution is -0.899. The summed E-state index contributed by atoms with van der Waals surface area (Å²) in [5.74, 6) is 1.72. The highest BCUT2D eigenvalue weighted by Crippen LogP contribution is 2.59. The number of nitrogens with zero attached hydrogens (tertiary/aromatic N) is 1. The minimum atomic E-state index is 0.517. The molecule has 1 nitrogen and oxygen atoms in total. The summed E-state index contributed by atoms with van der Waals surface area (Å²) < 4.78 is 1.01. The zero-order chi connectivity index (χ0) is 19.2. The number of allylic oxidation sites excluding steroid dienone is 1. The third-order valence-electron chi connectivity index (χ3n) is 6.92. The van der Waals surface area contributed by atoms with Crippen molar-refractivity contribution >= 4 is 11.6 Å². The van der Waals surface area contributed by atoms with Crippen LogP contribution in [0.15, 0.2) is 60.2 Å². The molecule has 27 heavy (non-hydrogen) atoms. The Bertz CT molecular complexity index is 860. The fourth-order valence-electron chi connectivity index (χ4n) is 5.17. The molecule has 2 aromatic rings. The lowest BCUT2D eigenvalue weighted by Crippen LogP contribution is -2.52. The summed E-state index contributed by atoms with van der Waals surface area (Å²) in [5, 5.41) is 0.788. The molecule has 2 atom stereocenters. The first-order valence-corrected chi connectivity index (χ1v) is 10.5. The number of benzene rings is 2. The molecular weight excluding hydrogens is 350 g/mol. The van der Waals surface area contributed by atoms with Crippen LogP contribution in [0.1, 0.15) is 32.3 Å². The number of hydrogen-bond acceptors (Lipinski definition) is 0. The van der Waals surface area contributed by atoms with Gasteiger partial charge in [0.2, 0.25) is 0 Å². The predicted molar refractivity (Wildman–Crippen MR) is 116 cm³/mol. The second kappa shape index (κ2) is 6.79. The van der Waals surface area contributed by atoms with E-state index < -0.39 is 0 Å². The van der Waals surface area contributed by atoms with Crippen molar-refractivity contribution in [2.24, 2.45) is 17.3 Å². The van der Waals surface area contributed by atoms with Gasteiger partial charge in [-0.05, 0) is 58.9 Å².